The first kappa shape index (κ1) is 57.3. The van der Waals surface area contributed by atoms with Crippen molar-refractivity contribution in [3.05, 3.63) is 340 Å². The second-order valence-electron chi connectivity index (χ2n) is 24.8. The predicted octanol–water partition coefficient (Wildman–Crippen LogP) is 24.1. The normalized spacial score (nSPS) is 12.0. The van der Waals surface area contributed by atoms with Crippen LogP contribution in [0.5, 0.6) is 0 Å². The summed E-state index contributed by atoms with van der Waals surface area (Å²) in [7, 11) is 0. The number of para-hydroxylation sites is 1. The molecule has 0 spiro atoms. The van der Waals surface area contributed by atoms with Crippen molar-refractivity contribution in [2.24, 2.45) is 0 Å². The van der Waals surface area contributed by atoms with Crippen LogP contribution in [-0.4, -0.2) is 29.1 Å². The molecular weight excluding hydrogens is 1230 g/mol. The first-order valence-corrected chi connectivity index (χ1v) is 34.6. The zero-order valence-electron chi connectivity index (χ0n) is 52.8. The van der Waals surface area contributed by atoms with E-state index in [0.29, 0.717) is 11.6 Å². The van der Waals surface area contributed by atoms with Crippen molar-refractivity contribution < 1.29 is 0 Å². The van der Waals surface area contributed by atoms with Crippen molar-refractivity contribution in [3.8, 4) is 146 Å². The standard InChI is InChI=1S/C90H56N6S2/c1-6-27-57(28-7-1)67-45-26-46-72-83-68-41-16-20-47-78(68)97-81-50-23-19-44-71(81)88(83)96(85(67)72)82-56-77(61-35-14-5-15-36-61)93-90(94-82)63-38-24-37-62(51-63)65-53-73(58-29-8-2-9-30-58)86-74(54-65)84-69-42-17-21-48-79(69)98-80-49-22-18-43-70(80)87(84)95(86)66-40-25-39-64(52-66)89-91-75(59-31-10-3-11-32-59)55-76(92-89)60-33-12-4-13-34-60/h1-56H. The number of fused-ring (bicyclic) bond motifs is 14. The van der Waals surface area contributed by atoms with Gasteiger partial charge in [0.25, 0.3) is 0 Å². The summed E-state index contributed by atoms with van der Waals surface area (Å²) in [5.41, 5.74) is 26.4. The van der Waals surface area contributed by atoms with Gasteiger partial charge in [-0.05, 0) is 94.0 Å². The molecule has 0 amide bonds. The Hall–Kier alpha value is -12.2. The molecule has 0 aliphatic carbocycles. The second-order valence-corrected chi connectivity index (χ2v) is 27.0. The fraction of sp³-hybridized carbons (Fsp3) is 0. The van der Waals surface area contributed by atoms with E-state index in [2.05, 4.69) is 337 Å². The van der Waals surface area contributed by atoms with Crippen molar-refractivity contribution in [2.45, 2.75) is 19.6 Å². The van der Waals surface area contributed by atoms with E-state index in [1.807, 2.05) is 35.7 Å². The van der Waals surface area contributed by atoms with E-state index in [9.17, 15) is 0 Å². The summed E-state index contributed by atoms with van der Waals surface area (Å²) in [4.78, 5) is 26.9. The highest BCUT2D eigenvalue weighted by molar-refractivity contribution is 8.00. The van der Waals surface area contributed by atoms with Crippen molar-refractivity contribution in [1.29, 1.82) is 0 Å². The minimum atomic E-state index is 0.619. The van der Waals surface area contributed by atoms with E-state index in [1.165, 1.54) is 41.8 Å². The summed E-state index contributed by atoms with van der Waals surface area (Å²) < 4.78 is 4.96. The highest BCUT2D eigenvalue weighted by Gasteiger charge is 2.33. The topological polar surface area (TPSA) is 61.4 Å². The molecule has 0 atom stereocenters. The van der Waals surface area contributed by atoms with Crippen LogP contribution in [-0.2, 0) is 0 Å². The quantitative estimate of drug-likeness (QED) is 0.136. The largest absolute Gasteiger partial charge is 0.308 e. The van der Waals surface area contributed by atoms with E-state index in [-0.39, 0.29) is 0 Å². The number of aromatic nitrogens is 6. The van der Waals surface area contributed by atoms with Crippen LogP contribution in [0.3, 0.4) is 0 Å². The minimum absolute atomic E-state index is 0.619. The molecule has 0 unspecified atom stereocenters. The highest BCUT2D eigenvalue weighted by atomic mass is 32.2. The summed E-state index contributed by atoms with van der Waals surface area (Å²) in [6.45, 7) is 0. The molecular formula is C90H56N6S2. The summed E-state index contributed by atoms with van der Waals surface area (Å²) in [5, 5.41) is 2.29. The van der Waals surface area contributed by atoms with Crippen LogP contribution in [0.15, 0.2) is 359 Å². The van der Waals surface area contributed by atoms with Gasteiger partial charge in [-0.15, -0.1) is 0 Å². The van der Waals surface area contributed by atoms with Gasteiger partial charge in [0, 0.05) is 103 Å². The zero-order valence-corrected chi connectivity index (χ0v) is 54.5. The van der Waals surface area contributed by atoms with Crippen LogP contribution < -0.4 is 0 Å². The first-order valence-electron chi connectivity index (χ1n) is 33.0. The molecule has 2 aliphatic heterocycles. The van der Waals surface area contributed by atoms with Crippen LogP contribution in [0.25, 0.3) is 168 Å². The molecule has 6 nitrogen and oxygen atoms in total. The van der Waals surface area contributed by atoms with E-state index in [0.717, 1.165) is 134 Å². The van der Waals surface area contributed by atoms with Crippen LogP contribution in [0.2, 0.25) is 0 Å². The fourth-order valence-electron chi connectivity index (χ4n) is 14.6. The summed E-state index contributed by atoms with van der Waals surface area (Å²) >= 11 is 3.65. The summed E-state index contributed by atoms with van der Waals surface area (Å²) in [6.07, 6.45) is 0. The first-order chi connectivity index (χ1) is 48.6. The number of rotatable bonds is 10. The lowest BCUT2D eigenvalue weighted by Gasteiger charge is -2.18. The van der Waals surface area contributed by atoms with E-state index < -0.39 is 0 Å². The van der Waals surface area contributed by atoms with Gasteiger partial charge >= 0.3 is 0 Å². The number of hydrogen-bond donors (Lipinski definition) is 0. The lowest BCUT2D eigenvalue weighted by Crippen LogP contribution is -2.05. The molecule has 98 heavy (non-hydrogen) atoms. The Morgan fingerprint density at radius 2 is 0.612 bits per heavy atom. The summed E-state index contributed by atoms with van der Waals surface area (Å²) in [5.74, 6) is 2.04. The molecule has 13 aromatic carbocycles. The maximum atomic E-state index is 5.83. The lowest BCUT2D eigenvalue weighted by molar-refractivity contribution is 1.02. The predicted molar refractivity (Wildman–Crippen MR) is 405 cm³/mol. The van der Waals surface area contributed by atoms with Gasteiger partial charge in [-0.3, -0.25) is 4.57 Å². The average Bonchev–Trinajstić information content (AvgIpc) is 1.53. The molecule has 458 valence electrons. The van der Waals surface area contributed by atoms with E-state index >= 15 is 0 Å². The number of hydrogen-bond acceptors (Lipinski definition) is 6. The summed E-state index contributed by atoms with van der Waals surface area (Å²) in [6, 6.07) is 122. The third-order valence-corrected chi connectivity index (χ3v) is 21.3. The Kier molecular flexibility index (Phi) is 14.0. The van der Waals surface area contributed by atoms with Gasteiger partial charge in [-0.2, -0.15) is 0 Å². The third kappa shape index (κ3) is 9.83. The van der Waals surface area contributed by atoms with Crippen LogP contribution in [0.4, 0.5) is 0 Å². The highest BCUT2D eigenvalue weighted by Crippen LogP contribution is 2.56. The molecule has 0 saturated heterocycles. The van der Waals surface area contributed by atoms with Crippen LogP contribution in [0.1, 0.15) is 0 Å². The molecule has 0 bridgehead atoms. The Morgan fingerprint density at radius 3 is 1.17 bits per heavy atom. The molecule has 19 rings (SSSR count). The molecule has 17 aromatic rings. The number of benzene rings is 13. The third-order valence-electron chi connectivity index (χ3n) is 19.0. The molecule has 0 radical (unpaired) electrons. The molecule has 0 fully saturated rings. The monoisotopic (exact) mass is 1280 g/mol. The minimum Gasteiger partial charge on any atom is -0.308 e. The van der Waals surface area contributed by atoms with Gasteiger partial charge in [0.1, 0.15) is 5.82 Å². The van der Waals surface area contributed by atoms with Crippen LogP contribution >= 0.6 is 23.5 Å². The number of nitrogens with zero attached hydrogens (tertiary/aromatic N) is 6. The van der Waals surface area contributed by atoms with Crippen molar-refractivity contribution in [1.82, 2.24) is 29.1 Å². The van der Waals surface area contributed by atoms with Crippen LogP contribution in [0, 0.1) is 0 Å². The maximum absolute atomic E-state index is 5.83. The van der Waals surface area contributed by atoms with Crippen molar-refractivity contribution in [2.75, 3.05) is 0 Å². The smallest absolute Gasteiger partial charge is 0.162 e. The lowest BCUT2D eigenvalue weighted by atomic mass is 9.92. The fourth-order valence-corrected chi connectivity index (χ4v) is 16.7. The van der Waals surface area contributed by atoms with Gasteiger partial charge < -0.3 is 4.57 Å². The Labute approximate surface area is 576 Å². The maximum Gasteiger partial charge on any atom is 0.162 e. The molecule has 6 heterocycles. The SMILES string of the molecule is c1ccc(-c2cc(-c3ccccc3)nc(-c3cccc(-n4c5c(c6cc(-c7cccc(-c8nc(-c9ccccc9)cc(-n9c%10c(c%11cccc(-c%12ccccc%12)c%119)-c9ccccc9Sc9ccccc9-%10)n8)c7)cc(-c7ccccc7)c64)-c4ccccc4Sc4ccccc4-5)c3)n2)cc1. The molecule has 8 heteroatoms. The molecule has 2 aliphatic rings. The molecule has 0 saturated carbocycles. The zero-order chi connectivity index (χ0) is 64.6. The molecule has 4 aromatic heterocycles. The van der Waals surface area contributed by atoms with Gasteiger partial charge in [0.05, 0.1) is 39.5 Å². The Morgan fingerprint density at radius 1 is 0.224 bits per heavy atom. The Bertz CT molecular complexity index is 5930. The second kappa shape index (κ2) is 23.9. The van der Waals surface area contributed by atoms with Gasteiger partial charge in [0.2, 0.25) is 0 Å². The average molecular weight is 1290 g/mol. The van der Waals surface area contributed by atoms with Gasteiger partial charge in [0.15, 0.2) is 11.6 Å². The Balaban J connectivity index is 0.852. The van der Waals surface area contributed by atoms with E-state index in [1.54, 1.807) is 0 Å². The molecule has 0 N–H and O–H groups in total. The van der Waals surface area contributed by atoms with Gasteiger partial charge in [-0.25, -0.2) is 19.9 Å². The van der Waals surface area contributed by atoms with Gasteiger partial charge in [-0.1, -0.05) is 297 Å². The van der Waals surface area contributed by atoms with E-state index in [4.69, 9.17) is 19.9 Å². The van der Waals surface area contributed by atoms with Crippen molar-refractivity contribution in [3.63, 3.8) is 0 Å². The van der Waals surface area contributed by atoms with Crippen molar-refractivity contribution >= 4 is 45.3 Å².